The average Bonchev–Trinajstić information content (AvgIpc) is 2.93. The van der Waals surface area contributed by atoms with Crippen LogP contribution in [0.4, 0.5) is 5.69 Å². The normalized spacial score (nSPS) is 23.2. The zero-order chi connectivity index (χ0) is 20.4. The highest BCUT2D eigenvalue weighted by molar-refractivity contribution is 6.32. The largest absolute Gasteiger partial charge is 0.451 e. The second kappa shape index (κ2) is 8.10. The monoisotopic (exact) mass is 405 g/mol. The number of hydrogen-bond acceptors (Lipinski definition) is 6. The number of fused-ring (bicyclic) bond motifs is 1. The number of pyridine rings is 1. The number of nitrogens with zero attached hydrogens (tertiary/aromatic N) is 2. The van der Waals surface area contributed by atoms with Gasteiger partial charge in [-0.15, -0.1) is 0 Å². The number of anilines is 1. The first-order valence-electron chi connectivity index (χ1n) is 8.95. The number of halogens is 1. The van der Waals surface area contributed by atoms with E-state index in [1.807, 2.05) is 12.2 Å². The quantitative estimate of drug-likeness (QED) is 0.347. The number of rotatable bonds is 5. The van der Waals surface area contributed by atoms with E-state index < -0.39 is 35.9 Å². The lowest BCUT2D eigenvalue weighted by molar-refractivity contribution is -0.163. The van der Waals surface area contributed by atoms with Gasteiger partial charge in [-0.05, 0) is 38.8 Å². The zero-order valence-electron chi connectivity index (χ0n) is 15.4. The van der Waals surface area contributed by atoms with Crippen LogP contribution in [0.25, 0.3) is 0 Å². The molecular weight excluding hydrogens is 386 g/mol. The highest BCUT2D eigenvalue weighted by Gasteiger charge is 2.50. The van der Waals surface area contributed by atoms with Crippen molar-refractivity contribution in [1.29, 1.82) is 0 Å². The van der Waals surface area contributed by atoms with Crippen LogP contribution < -0.4 is 5.32 Å². The Hall–Kier alpha value is -2.74. The van der Waals surface area contributed by atoms with Crippen LogP contribution in [-0.4, -0.2) is 45.7 Å². The van der Waals surface area contributed by atoms with Crippen molar-refractivity contribution >= 4 is 41.0 Å². The highest BCUT2D eigenvalue weighted by atomic mass is 35.5. The molecule has 4 atom stereocenters. The molecule has 0 aromatic carbocycles. The molecule has 0 bridgehead atoms. The van der Waals surface area contributed by atoms with Gasteiger partial charge in [-0.2, -0.15) is 0 Å². The minimum absolute atomic E-state index is 0.104. The van der Waals surface area contributed by atoms with Gasteiger partial charge in [0.05, 0.1) is 17.5 Å². The van der Waals surface area contributed by atoms with E-state index in [1.54, 1.807) is 12.1 Å². The minimum atomic E-state index is -1.15. The summed E-state index contributed by atoms with van der Waals surface area (Å²) >= 11 is 5.89. The van der Waals surface area contributed by atoms with Crippen LogP contribution in [0.3, 0.4) is 0 Å². The van der Waals surface area contributed by atoms with E-state index in [-0.39, 0.29) is 22.7 Å². The molecular formula is C19H20ClN3O5. The van der Waals surface area contributed by atoms with E-state index in [1.165, 1.54) is 20.0 Å². The molecule has 3 amide bonds. The van der Waals surface area contributed by atoms with E-state index in [4.69, 9.17) is 16.3 Å². The highest BCUT2D eigenvalue weighted by Crippen LogP contribution is 2.36. The van der Waals surface area contributed by atoms with E-state index in [0.717, 1.165) is 4.90 Å². The van der Waals surface area contributed by atoms with Crippen LogP contribution in [-0.2, 0) is 23.9 Å². The van der Waals surface area contributed by atoms with Gasteiger partial charge in [0.25, 0.3) is 5.91 Å². The second-order valence-electron chi connectivity index (χ2n) is 6.79. The first-order chi connectivity index (χ1) is 13.3. The number of carbonyl (C=O) groups excluding carboxylic acids is 4. The molecule has 1 aliphatic carbocycles. The second-order valence-corrected chi connectivity index (χ2v) is 7.15. The molecule has 3 rings (SSSR count). The summed E-state index contributed by atoms with van der Waals surface area (Å²) in [6.07, 6.45) is 5.03. The molecule has 28 heavy (non-hydrogen) atoms. The topological polar surface area (TPSA) is 106 Å². The Morgan fingerprint density at radius 3 is 2.39 bits per heavy atom. The number of imide groups is 1. The number of ether oxygens (including phenoxy) is 1. The van der Waals surface area contributed by atoms with Crippen molar-refractivity contribution in [2.45, 2.75) is 38.8 Å². The van der Waals surface area contributed by atoms with Gasteiger partial charge in [0, 0.05) is 6.20 Å². The van der Waals surface area contributed by atoms with Crippen LogP contribution in [0.1, 0.15) is 26.7 Å². The minimum Gasteiger partial charge on any atom is -0.451 e. The van der Waals surface area contributed by atoms with Crippen molar-refractivity contribution in [2.75, 3.05) is 5.32 Å². The number of amides is 3. The maximum Gasteiger partial charge on any atom is 0.329 e. The zero-order valence-corrected chi connectivity index (χ0v) is 16.2. The molecule has 0 saturated carbocycles. The third kappa shape index (κ3) is 3.77. The van der Waals surface area contributed by atoms with Crippen LogP contribution in [0.2, 0.25) is 5.15 Å². The number of aromatic nitrogens is 1. The van der Waals surface area contributed by atoms with Crippen molar-refractivity contribution in [3.8, 4) is 0 Å². The molecule has 0 spiro atoms. The van der Waals surface area contributed by atoms with Crippen molar-refractivity contribution in [2.24, 2.45) is 11.8 Å². The third-order valence-electron chi connectivity index (χ3n) is 4.95. The summed E-state index contributed by atoms with van der Waals surface area (Å²) in [5.74, 6) is -3.03. The van der Waals surface area contributed by atoms with Crippen LogP contribution >= 0.6 is 11.6 Å². The van der Waals surface area contributed by atoms with Crippen molar-refractivity contribution < 1.29 is 23.9 Å². The molecule has 1 aromatic rings. The van der Waals surface area contributed by atoms with Gasteiger partial charge in [0.15, 0.2) is 11.3 Å². The molecule has 1 aromatic heterocycles. The lowest BCUT2D eigenvalue weighted by Gasteiger charge is -2.23. The number of likely N-dealkylation sites (tertiary alicyclic amines) is 1. The molecule has 0 unspecified atom stereocenters. The summed E-state index contributed by atoms with van der Waals surface area (Å²) in [6, 6.07) is 2.05. The Morgan fingerprint density at radius 1 is 1.21 bits per heavy atom. The number of allylic oxidation sites excluding steroid dienone is 2. The molecule has 0 radical (unpaired) electrons. The van der Waals surface area contributed by atoms with Gasteiger partial charge in [-0.3, -0.25) is 19.3 Å². The Morgan fingerprint density at radius 2 is 1.82 bits per heavy atom. The maximum absolute atomic E-state index is 12.6. The summed E-state index contributed by atoms with van der Waals surface area (Å²) in [4.78, 5) is 54.6. The summed E-state index contributed by atoms with van der Waals surface area (Å²) in [5.41, 5.74) is 0.284. The molecule has 9 heteroatoms. The molecule has 148 valence electrons. The van der Waals surface area contributed by atoms with E-state index >= 15 is 0 Å². The smallest absolute Gasteiger partial charge is 0.329 e. The van der Waals surface area contributed by atoms with Crippen LogP contribution in [0.5, 0.6) is 0 Å². The summed E-state index contributed by atoms with van der Waals surface area (Å²) in [5, 5.41) is 2.62. The van der Waals surface area contributed by atoms with Crippen LogP contribution in [0.15, 0.2) is 30.5 Å². The molecule has 1 saturated heterocycles. The molecule has 2 heterocycles. The Bertz CT molecular complexity index is 830. The predicted molar refractivity (Wildman–Crippen MR) is 100 cm³/mol. The van der Waals surface area contributed by atoms with E-state index in [2.05, 4.69) is 10.3 Å². The van der Waals surface area contributed by atoms with Gasteiger partial charge in [-0.25, -0.2) is 9.78 Å². The molecule has 8 nitrogen and oxygen atoms in total. The van der Waals surface area contributed by atoms with Gasteiger partial charge >= 0.3 is 5.97 Å². The Kier molecular flexibility index (Phi) is 5.79. The van der Waals surface area contributed by atoms with Crippen LogP contribution in [0, 0.1) is 11.8 Å². The van der Waals surface area contributed by atoms with E-state index in [0.29, 0.717) is 12.8 Å². The SMILES string of the molecule is C[C@H](OC(=O)[C@H](C)N1C(=O)[C@H]2CC=CC[C@H]2C1=O)C(=O)Nc1cccnc1Cl. The molecule has 2 aliphatic rings. The van der Waals surface area contributed by atoms with Crippen molar-refractivity contribution in [1.82, 2.24) is 9.88 Å². The Labute approximate surface area is 166 Å². The maximum atomic E-state index is 12.6. The fourth-order valence-electron chi connectivity index (χ4n) is 3.35. The number of nitrogens with one attached hydrogen (secondary N) is 1. The van der Waals surface area contributed by atoms with E-state index in [9.17, 15) is 19.2 Å². The number of esters is 1. The molecule has 1 N–H and O–H groups in total. The summed E-state index contributed by atoms with van der Waals surface area (Å²) in [7, 11) is 0. The number of carbonyl (C=O) groups is 4. The van der Waals surface area contributed by atoms with Gasteiger partial charge in [0.1, 0.15) is 6.04 Å². The first kappa shape index (κ1) is 20.0. The van der Waals surface area contributed by atoms with Crippen molar-refractivity contribution in [3.63, 3.8) is 0 Å². The van der Waals surface area contributed by atoms with Crippen molar-refractivity contribution in [3.05, 3.63) is 35.6 Å². The van der Waals surface area contributed by atoms with Gasteiger partial charge in [0.2, 0.25) is 11.8 Å². The van der Waals surface area contributed by atoms with Gasteiger partial charge < -0.3 is 10.1 Å². The fraction of sp³-hybridized carbons (Fsp3) is 0.421. The molecule has 1 fully saturated rings. The summed E-state index contributed by atoms with van der Waals surface area (Å²) < 4.78 is 5.17. The Balaban J connectivity index is 1.62. The molecule has 1 aliphatic heterocycles. The fourth-order valence-corrected chi connectivity index (χ4v) is 3.52. The predicted octanol–water partition coefficient (Wildman–Crippen LogP) is 1.94. The lowest BCUT2D eigenvalue weighted by Crippen LogP contribution is -2.46. The summed E-state index contributed by atoms with van der Waals surface area (Å²) in [6.45, 7) is 2.81. The average molecular weight is 406 g/mol. The first-order valence-corrected chi connectivity index (χ1v) is 9.32. The van der Waals surface area contributed by atoms with Gasteiger partial charge in [-0.1, -0.05) is 23.8 Å². The number of hydrogen-bond donors (Lipinski definition) is 1. The standard InChI is InChI=1S/C19H20ClN3O5/c1-10(23-17(25)12-6-3-4-7-13(12)18(23)26)19(27)28-11(2)16(24)22-14-8-5-9-21-15(14)20/h3-5,8-13H,6-7H2,1-2H3,(H,22,24)/t10-,11-,12-,13+/m0/s1. The lowest BCUT2D eigenvalue weighted by atomic mass is 9.85. The third-order valence-corrected chi connectivity index (χ3v) is 5.25.